The molecule has 2 aromatic rings. The van der Waals surface area contributed by atoms with E-state index in [-0.39, 0.29) is 0 Å². The minimum atomic E-state index is 0.713. The Kier molecular flexibility index (Phi) is 1.71. The maximum absolute atomic E-state index is 3.64. The van der Waals surface area contributed by atoms with E-state index in [0.717, 1.165) is 5.92 Å². The predicted octanol–water partition coefficient (Wildman–Crippen LogP) is 2.56. The van der Waals surface area contributed by atoms with Gasteiger partial charge in [0.1, 0.15) is 0 Å². The summed E-state index contributed by atoms with van der Waals surface area (Å²) in [7, 11) is 0. The molecule has 2 N–H and O–H groups in total. The van der Waals surface area contributed by atoms with Gasteiger partial charge in [-0.3, -0.25) is 0 Å². The van der Waals surface area contributed by atoms with E-state index >= 15 is 0 Å². The summed E-state index contributed by atoms with van der Waals surface area (Å²) in [5, 5.41) is 5.07. The molecule has 2 atom stereocenters. The van der Waals surface area contributed by atoms with Gasteiger partial charge in [0.25, 0.3) is 0 Å². The molecular weight excluding hydrogens is 196 g/mol. The third kappa shape index (κ3) is 1.11. The molecule has 1 fully saturated rings. The highest BCUT2D eigenvalue weighted by Gasteiger charge is 2.32. The van der Waals surface area contributed by atoms with Gasteiger partial charge < -0.3 is 10.3 Å². The van der Waals surface area contributed by atoms with Crippen molar-refractivity contribution in [3.63, 3.8) is 0 Å². The molecule has 1 aromatic heterocycles. The van der Waals surface area contributed by atoms with Crippen molar-refractivity contribution < 1.29 is 0 Å². The smallest absolute Gasteiger partial charge is 0.0459 e. The molecular formula is C14H16N2. The lowest BCUT2D eigenvalue weighted by atomic mass is 9.79. The molecule has 1 saturated heterocycles. The Labute approximate surface area is 95.1 Å². The summed E-state index contributed by atoms with van der Waals surface area (Å²) in [5.74, 6) is 0.766. The van der Waals surface area contributed by atoms with E-state index in [9.17, 15) is 0 Å². The summed E-state index contributed by atoms with van der Waals surface area (Å²) in [4.78, 5) is 3.64. The molecule has 2 unspecified atom stereocenters. The molecule has 0 spiro atoms. The van der Waals surface area contributed by atoms with Gasteiger partial charge in [0.2, 0.25) is 0 Å². The van der Waals surface area contributed by atoms with Crippen molar-refractivity contribution in [2.45, 2.75) is 31.2 Å². The highest BCUT2D eigenvalue weighted by Crippen LogP contribution is 2.39. The summed E-state index contributed by atoms with van der Waals surface area (Å²) < 4.78 is 0. The van der Waals surface area contributed by atoms with Gasteiger partial charge >= 0.3 is 0 Å². The zero-order valence-corrected chi connectivity index (χ0v) is 9.29. The summed E-state index contributed by atoms with van der Waals surface area (Å²) in [6, 6.07) is 9.44. The molecule has 0 saturated carbocycles. The summed E-state index contributed by atoms with van der Waals surface area (Å²) in [6.07, 6.45) is 3.81. The Bertz CT molecular complexity index is 541. The maximum Gasteiger partial charge on any atom is 0.0459 e. The van der Waals surface area contributed by atoms with Crippen LogP contribution in [0.3, 0.4) is 0 Å². The average molecular weight is 212 g/mol. The molecule has 16 heavy (non-hydrogen) atoms. The van der Waals surface area contributed by atoms with Crippen molar-refractivity contribution in [2.24, 2.45) is 0 Å². The van der Waals surface area contributed by atoms with E-state index in [2.05, 4.69) is 34.6 Å². The van der Waals surface area contributed by atoms with Gasteiger partial charge in [-0.1, -0.05) is 18.2 Å². The fourth-order valence-corrected chi connectivity index (χ4v) is 3.46. The maximum atomic E-state index is 3.64. The first-order valence-electron chi connectivity index (χ1n) is 6.24. The van der Waals surface area contributed by atoms with Gasteiger partial charge in [0, 0.05) is 28.6 Å². The van der Waals surface area contributed by atoms with Gasteiger partial charge in [-0.05, 0) is 37.4 Å². The highest BCUT2D eigenvalue weighted by atomic mass is 14.9. The minimum absolute atomic E-state index is 0.713. The van der Waals surface area contributed by atoms with Crippen LogP contribution in [0.15, 0.2) is 24.3 Å². The Hall–Kier alpha value is -1.28. The molecule has 2 aliphatic rings. The molecule has 1 aliphatic heterocycles. The van der Waals surface area contributed by atoms with Crippen molar-refractivity contribution in [3.8, 4) is 0 Å². The third-order valence-corrected chi connectivity index (χ3v) is 4.20. The number of rotatable bonds is 0. The topological polar surface area (TPSA) is 27.8 Å². The van der Waals surface area contributed by atoms with Gasteiger partial charge in [-0.25, -0.2) is 0 Å². The Balaban J connectivity index is 1.97. The Morgan fingerprint density at radius 1 is 1.19 bits per heavy atom. The van der Waals surface area contributed by atoms with Crippen molar-refractivity contribution in [3.05, 3.63) is 35.5 Å². The van der Waals surface area contributed by atoms with Gasteiger partial charge in [0.15, 0.2) is 0 Å². The Morgan fingerprint density at radius 3 is 3.12 bits per heavy atom. The van der Waals surface area contributed by atoms with Gasteiger partial charge in [-0.15, -0.1) is 0 Å². The molecule has 4 rings (SSSR count). The van der Waals surface area contributed by atoms with Crippen molar-refractivity contribution >= 4 is 10.9 Å². The molecule has 2 heteroatoms. The van der Waals surface area contributed by atoms with Gasteiger partial charge in [-0.2, -0.15) is 0 Å². The van der Waals surface area contributed by atoms with Crippen molar-refractivity contribution in [1.82, 2.24) is 10.3 Å². The quantitative estimate of drug-likeness (QED) is 0.690. The van der Waals surface area contributed by atoms with Gasteiger partial charge in [0.05, 0.1) is 0 Å². The lowest BCUT2D eigenvalue weighted by Crippen LogP contribution is -2.41. The van der Waals surface area contributed by atoms with Crippen molar-refractivity contribution in [1.29, 1.82) is 0 Å². The van der Waals surface area contributed by atoms with E-state index < -0.39 is 0 Å². The monoisotopic (exact) mass is 212 g/mol. The number of benzene rings is 1. The number of H-pyrrole nitrogens is 1. The van der Waals surface area contributed by atoms with Crippen LogP contribution in [0, 0.1) is 0 Å². The van der Waals surface area contributed by atoms with Crippen LogP contribution in [0.1, 0.15) is 30.0 Å². The predicted molar refractivity (Wildman–Crippen MR) is 65.8 cm³/mol. The zero-order valence-electron chi connectivity index (χ0n) is 9.29. The summed E-state index contributed by atoms with van der Waals surface area (Å²) in [5.41, 5.74) is 4.42. The van der Waals surface area contributed by atoms with Crippen LogP contribution >= 0.6 is 0 Å². The molecule has 82 valence electrons. The summed E-state index contributed by atoms with van der Waals surface area (Å²) in [6.45, 7) is 1.18. The number of aromatic amines is 1. The minimum Gasteiger partial charge on any atom is -0.358 e. The van der Waals surface area contributed by atoms with Crippen LogP contribution in [-0.4, -0.2) is 17.6 Å². The van der Waals surface area contributed by atoms with Crippen LogP contribution in [0.5, 0.6) is 0 Å². The second kappa shape index (κ2) is 3.11. The largest absolute Gasteiger partial charge is 0.358 e. The van der Waals surface area contributed by atoms with E-state index in [1.54, 1.807) is 5.56 Å². The number of fused-ring (bicyclic) bond motifs is 6. The first-order chi connectivity index (χ1) is 7.92. The van der Waals surface area contributed by atoms with E-state index in [1.165, 1.54) is 42.4 Å². The second-order valence-electron chi connectivity index (χ2n) is 5.14. The fraction of sp³-hybridized carbons (Fsp3) is 0.429. The third-order valence-electron chi connectivity index (χ3n) is 4.20. The number of hydrogen-bond donors (Lipinski definition) is 2. The van der Waals surface area contributed by atoms with Crippen LogP contribution in [-0.2, 0) is 6.42 Å². The molecule has 2 bridgehead atoms. The lowest BCUT2D eigenvalue weighted by Gasteiger charge is -2.35. The number of aromatic nitrogens is 1. The lowest BCUT2D eigenvalue weighted by molar-refractivity contribution is 0.336. The molecule has 1 aromatic carbocycles. The van der Waals surface area contributed by atoms with Crippen LogP contribution in [0.25, 0.3) is 10.9 Å². The zero-order chi connectivity index (χ0) is 10.5. The van der Waals surface area contributed by atoms with E-state index in [4.69, 9.17) is 0 Å². The molecule has 2 heterocycles. The molecule has 0 amide bonds. The molecule has 1 aliphatic carbocycles. The van der Waals surface area contributed by atoms with Crippen molar-refractivity contribution in [2.75, 3.05) is 6.54 Å². The normalized spacial score (nSPS) is 28.0. The number of hydrogen-bond acceptors (Lipinski definition) is 1. The highest BCUT2D eigenvalue weighted by molar-refractivity contribution is 5.85. The number of para-hydroxylation sites is 1. The number of nitrogens with one attached hydrogen (secondary N) is 2. The van der Waals surface area contributed by atoms with Crippen LogP contribution < -0.4 is 5.32 Å². The SMILES string of the molecule is c1ccc2c3c([nH]c2c1)C1CCNC(C3)C1. The second-order valence-corrected chi connectivity index (χ2v) is 5.14. The molecule has 0 radical (unpaired) electrons. The Morgan fingerprint density at radius 2 is 2.12 bits per heavy atom. The fourth-order valence-electron chi connectivity index (χ4n) is 3.46. The first-order valence-corrected chi connectivity index (χ1v) is 6.24. The average Bonchev–Trinajstić information content (AvgIpc) is 2.69. The number of piperidine rings is 1. The summed E-state index contributed by atoms with van der Waals surface area (Å²) >= 11 is 0. The molecule has 2 nitrogen and oxygen atoms in total. The first kappa shape index (κ1) is 8.82. The van der Waals surface area contributed by atoms with Crippen LogP contribution in [0.4, 0.5) is 0 Å². The standard InChI is InChI=1S/C14H16N2/c1-2-4-13-11(3-1)12-8-10-7-9(5-6-15-10)14(12)16-13/h1-4,9-10,15-16H,5-8H2. The van der Waals surface area contributed by atoms with E-state index in [0.29, 0.717) is 6.04 Å². The van der Waals surface area contributed by atoms with E-state index in [1.807, 2.05) is 0 Å². The van der Waals surface area contributed by atoms with Crippen LogP contribution in [0.2, 0.25) is 0 Å².